The van der Waals surface area contributed by atoms with Crippen molar-refractivity contribution in [3.63, 3.8) is 0 Å². The van der Waals surface area contributed by atoms with Crippen LogP contribution in [0.4, 0.5) is 0 Å². The molecule has 4 aliphatic carbocycles. The number of aliphatic hydroxyl groups excluding tert-OH is 1. The van der Waals surface area contributed by atoms with Crippen molar-refractivity contribution in [2.45, 2.75) is 96.9 Å². The van der Waals surface area contributed by atoms with Gasteiger partial charge in [0.15, 0.2) is 5.79 Å². The maximum Gasteiger partial charge on any atom is 0.303 e. The van der Waals surface area contributed by atoms with Crippen molar-refractivity contribution < 1.29 is 25.2 Å². The molecule has 5 nitrogen and oxygen atoms in total. The van der Waals surface area contributed by atoms with Crippen LogP contribution < -0.4 is 0 Å². The van der Waals surface area contributed by atoms with Gasteiger partial charge in [0.2, 0.25) is 0 Å². The lowest BCUT2D eigenvalue weighted by atomic mass is 9.43. The zero-order valence-electron chi connectivity index (χ0n) is 18.3. The largest absolute Gasteiger partial charge is 0.481 e. The van der Waals surface area contributed by atoms with Gasteiger partial charge in [-0.05, 0) is 91.3 Å². The van der Waals surface area contributed by atoms with Crippen molar-refractivity contribution >= 4 is 5.97 Å². The van der Waals surface area contributed by atoms with E-state index < -0.39 is 11.8 Å². The van der Waals surface area contributed by atoms with Crippen LogP contribution in [0.2, 0.25) is 0 Å². The van der Waals surface area contributed by atoms with E-state index in [0.717, 1.165) is 38.5 Å². The van der Waals surface area contributed by atoms with Crippen molar-refractivity contribution in [3.8, 4) is 0 Å². The minimum absolute atomic E-state index is 0.0905. The van der Waals surface area contributed by atoms with E-state index in [1.54, 1.807) is 0 Å². The molecule has 9 atom stereocenters. The van der Waals surface area contributed by atoms with Gasteiger partial charge in [0.1, 0.15) is 0 Å². The molecule has 4 aliphatic rings. The molecule has 0 unspecified atom stereocenters. The number of aliphatic hydroxyl groups is 3. The molecule has 0 aromatic heterocycles. The van der Waals surface area contributed by atoms with E-state index in [1.165, 1.54) is 0 Å². The highest BCUT2D eigenvalue weighted by molar-refractivity contribution is 5.66. The lowest BCUT2D eigenvalue weighted by Crippen LogP contribution is -2.59. The Bertz CT molecular complexity index is 647. The van der Waals surface area contributed by atoms with Gasteiger partial charge in [-0.25, -0.2) is 0 Å². The Labute approximate surface area is 174 Å². The predicted octanol–water partition coefficient (Wildman–Crippen LogP) is 3.80. The quantitative estimate of drug-likeness (QED) is 0.531. The summed E-state index contributed by atoms with van der Waals surface area (Å²) in [6.07, 6.45) is 7.54. The lowest BCUT2D eigenvalue weighted by molar-refractivity contribution is -0.240. The smallest absolute Gasteiger partial charge is 0.303 e. The Balaban J connectivity index is 1.56. The lowest BCUT2D eigenvalue weighted by Gasteiger charge is -2.63. The van der Waals surface area contributed by atoms with Crippen molar-refractivity contribution in [2.24, 2.45) is 46.3 Å². The number of hydrogen-bond acceptors (Lipinski definition) is 4. The Morgan fingerprint density at radius 2 is 1.79 bits per heavy atom. The van der Waals surface area contributed by atoms with Gasteiger partial charge in [-0.3, -0.25) is 4.79 Å². The van der Waals surface area contributed by atoms with Crippen LogP contribution in [0.25, 0.3) is 0 Å². The first-order valence-corrected chi connectivity index (χ1v) is 11.8. The molecular weight excluding hydrogens is 368 g/mol. The number of carboxylic acids is 1. The second-order valence-electron chi connectivity index (χ2n) is 11.6. The second-order valence-corrected chi connectivity index (χ2v) is 11.6. The van der Waals surface area contributed by atoms with Crippen molar-refractivity contribution in [1.82, 2.24) is 0 Å². The first-order chi connectivity index (χ1) is 13.5. The third-order valence-electron chi connectivity index (χ3n) is 10.4. The monoisotopic (exact) mass is 408 g/mol. The molecule has 0 saturated heterocycles. The fourth-order valence-electron chi connectivity index (χ4n) is 8.70. The van der Waals surface area contributed by atoms with Crippen LogP contribution in [-0.2, 0) is 4.79 Å². The van der Waals surface area contributed by atoms with E-state index >= 15 is 0 Å². The first-order valence-electron chi connectivity index (χ1n) is 11.8. The second kappa shape index (κ2) is 7.20. The molecule has 0 bridgehead atoms. The van der Waals surface area contributed by atoms with E-state index in [1.807, 2.05) is 0 Å². The minimum atomic E-state index is -1.52. The molecule has 0 heterocycles. The summed E-state index contributed by atoms with van der Waals surface area (Å²) in [7, 11) is 0. The van der Waals surface area contributed by atoms with Crippen LogP contribution in [0.5, 0.6) is 0 Å². The average molecular weight is 409 g/mol. The molecule has 5 heteroatoms. The van der Waals surface area contributed by atoms with Crippen LogP contribution in [0.3, 0.4) is 0 Å². The van der Waals surface area contributed by atoms with E-state index in [4.69, 9.17) is 5.11 Å². The molecule has 4 fully saturated rings. The fraction of sp³-hybridized carbons (Fsp3) is 0.958. The van der Waals surface area contributed by atoms with Crippen molar-refractivity contribution in [3.05, 3.63) is 0 Å². The highest BCUT2D eigenvalue weighted by Crippen LogP contribution is 2.68. The molecule has 166 valence electrons. The third-order valence-corrected chi connectivity index (χ3v) is 10.4. The van der Waals surface area contributed by atoms with Crippen LogP contribution in [0, 0.1) is 46.3 Å². The van der Waals surface area contributed by atoms with Gasteiger partial charge < -0.3 is 20.4 Å². The summed E-state index contributed by atoms with van der Waals surface area (Å²) in [5.74, 6) is 0.354. The van der Waals surface area contributed by atoms with Gasteiger partial charge in [-0.15, -0.1) is 0 Å². The minimum Gasteiger partial charge on any atom is -0.481 e. The van der Waals surface area contributed by atoms with Crippen LogP contribution in [-0.4, -0.2) is 38.3 Å². The molecule has 0 aromatic carbocycles. The number of rotatable bonds is 4. The van der Waals surface area contributed by atoms with E-state index in [2.05, 4.69) is 20.8 Å². The summed E-state index contributed by atoms with van der Waals surface area (Å²) in [6, 6.07) is 0. The zero-order chi connectivity index (χ0) is 21.2. The number of aliphatic carboxylic acids is 1. The van der Waals surface area contributed by atoms with Crippen LogP contribution in [0.15, 0.2) is 0 Å². The first kappa shape index (κ1) is 21.6. The van der Waals surface area contributed by atoms with E-state index in [0.29, 0.717) is 54.8 Å². The fourth-order valence-corrected chi connectivity index (χ4v) is 8.70. The van der Waals surface area contributed by atoms with Crippen LogP contribution in [0.1, 0.15) is 85.0 Å². The average Bonchev–Trinajstić information content (AvgIpc) is 3.00. The summed E-state index contributed by atoms with van der Waals surface area (Å²) in [4.78, 5) is 11.1. The maximum absolute atomic E-state index is 11.5. The maximum atomic E-state index is 11.5. The number of carbonyl (C=O) groups is 1. The zero-order valence-corrected chi connectivity index (χ0v) is 18.3. The van der Waals surface area contributed by atoms with Crippen molar-refractivity contribution in [2.75, 3.05) is 0 Å². The van der Waals surface area contributed by atoms with Gasteiger partial charge >= 0.3 is 5.97 Å². The van der Waals surface area contributed by atoms with E-state index in [-0.39, 0.29) is 23.4 Å². The predicted molar refractivity (Wildman–Crippen MR) is 110 cm³/mol. The summed E-state index contributed by atoms with van der Waals surface area (Å²) in [5, 5.41) is 41.0. The summed E-state index contributed by atoms with van der Waals surface area (Å²) in [6.45, 7) is 6.82. The SMILES string of the molecule is C[C@H](CCC(=O)O)[C@H]1CC[C@H]2[C@@H]3CC[C@@H]4CC(O)(O)CC[C@]4(C)[C@H]3C[C@H](O)[C@]12C. The van der Waals surface area contributed by atoms with Crippen LogP contribution >= 0.6 is 0 Å². The Morgan fingerprint density at radius 3 is 2.48 bits per heavy atom. The van der Waals surface area contributed by atoms with Gasteiger partial charge in [-0.2, -0.15) is 0 Å². The Kier molecular flexibility index (Phi) is 5.36. The normalized spacial score (nSPS) is 49.6. The van der Waals surface area contributed by atoms with Gasteiger partial charge in [0.25, 0.3) is 0 Å². The standard InChI is InChI=1S/C24H40O5/c1-14(4-9-21(26)27)17-7-8-18-16-6-5-15-13-24(28,29)11-10-22(15,2)19(16)12-20(25)23(17,18)3/h14-20,25,28-29H,4-13H2,1-3H3,(H,26,27)/t14-,15-,16+,17-,18+,19+,20+,22+,23-/m1/s1. The molecule has 0 amide bonds. The summed E-state index contributed by atoms with van der Waals surface area (Å²) < 4.78 is 0. The highest BCUT2D eigenvalue weighted by Gasteiger charge is 2.64. The molecule has 4 N–H and O–H groups in total. The molecule has 4 rings (SSSR count). The van der Waals surface area contributed by atoms with Gasteiger partial charge in [-0.1, -0.05) is 20.8 Å². The Morgan fingerprint density at radius 1 is 1.07 bits per heavy atom. The van der Waals surface area contributed by atoms with Crippen molar-refractivity contribution in [1.29, 1.82) is 0 Å². The molecule has 4 saturated carbocycles. The molecular formula is C24H40O5. The molecule has 0 spiro atoms. The molecule has 0 aliphatic heterocycles. The third kappa shape index (κ3) is 3.36. The van der Waals surface area contributed by atoms with Gasteiger partial charge in [0.05, 0.1) is 6.10 Å². The Hall–Kier alpha value is -0.650. The number of carboxylic acid groups (broad SMARTS) is 1. The summed E-state index contributed by atoms with van der Waals surface area (Å²) >= 11 is 0. The van der Waals surface area contributed by atoms with E-state index in [9.17, 15) is 20.1 Å². The number of fused-ring (bicyclic) bond motifs is 5. The molecule has 0 radical (unpaired) electrons. The summed E-state index contributed by atoms with van der Waals surface area (Å²) in [5.41, 5.74) is -0.0259. The topological polar surface area (TPSA) is 98.0 Å². The molecule has 29 heavy (non-hydrogen) atoms. The highest BCUT2D eigenvalue weighted by atomic mass is 16.5. The molecule has 0 aromatic rings. The number of hydrogen-bond donors (Lipinski definition) is 4. The van der Waals surface area contributed by atoms with Gasteiger partial charge in [0, 0.05) is 19.3 Å².